The summed E-state index contributed by atoms with van der Waals surface area (Å²) >= 11 is 6.16. The Balaban J connectivity index is 0.000000229. The van der Waals surface area contributed by atoms with Crippen LogP contribution >= 0.6 is 11.6 Å². The molecule has 0 aliphatic rings. The van der Waals surface area contributed by atoms with Crippen LogP contribution in [-0.4, -0.2) is 0 Å². The fraction of sp³-hybridized carbons (Fsp3) is 0.314. The third-order valence-corrected chi connectivity index (χ3v) is 12.8. The molecule has 0 aliphatic heterocycles. The van der Waals surface area contributed by atoms with Crippen molar-refractivity contribution in [2.75, 3.05) is 0 Å². The van der Waals surface area contributed by atoms with Crippen LogP contribution in [0.4, 0.5) is 0 Å². The van der Waals surface area contributed by atoms with Crippen LogP contribution in [0.1, 0.15) is 174 Å². The van der Waals surface area contributed by atoms with E-state index in [-0.39, 0.29) is 0 Å². The van der Waals surface area contributed by atoms with Gasteiger partial charge in [-0.15, -0.1) is 0 Å². The van der Waals surface area contributed by atoms with Crippen LogP contribution in [0.2, 0.25) is 5.02 Å². The van der Waals surface area contributed by atoms with Gasteiger partial charge in [0.15, 0.2) is 0 Å². The van der Waals surface area contributed by atoms with E-state index in [1.54, 1.807) is 0 Å². The molecule has 0 saturated carbocycles. The molecule has 0 amide bonds. The molecule has 0 aromatic heterocycles. The largest absolute Gasteiger partial charge is 0.0837 e. The third-order valence-electron chi connectivity index (χ3n) is 12.5. The second-order valence-electron chi connectivity index (χ2n) is 20.6. The van der Waals surface area contributed by atoms with Crippen LogP contribution in [0, 0.1) is 27.7 Å². The van der Waals surface area contributed by atoms with Crippen molar-refractivity contribution < 1.29 is 0 Å². The molecule has 0 heterocycles. The fourth-order valence-corrected chi connectivity index (χ4v) is 7.62. The van der Waals surface area contributed by atoms with E-state index in [0.29, 0.717) is 35.5 Å². The van der Waals surface area contributed by atoms with Gasteiger partial charge in [0.25, 0.3) is 0 Å². The van der Waals surface area contributed by atoms with Crippen molar-refractivity contribution in [1.29, 1.82) is 0 Å². The van der Waals surface area contributed by atoms with Gasteiger partial charge in [0, 0.05) is 10.6 Å². The molecule has 0 saturated heterocycles. The van der Waals surface area contributed by atoms with E-state index in [4.69, 9.17) is 11.6 Å². The smallest absolute Gasteiger partial charge is 0.0484 e. The molecular weight excluding hydrogens is 876 g/mol. The second-order valence-corrected chi connectivity index (χ2v) is 21.0. The highest BCUT2D eigenvalue weighted by Crippen LogP contribution is 2.29. The minimum absolute atomic E-state index is 0.570. The fourth-order valence-electron chi connectivity index (χ4n) is 7.38. The molecule has 0 nitrogen and oxygen atoms in total. The minimum Gasteiger partial charge on any atom is -0.0837 e. The van der Waals surface area contributed by atoms with Crippen molar-refractivity contribution in [1.82, 2.24) is 0 Å². The monoisotopic (exact) mass is 963 g/mol. The van der Waals surface area contributed by atoms with E-state index >= 15 is 0 Å². The summed E-state index contributed by atoms with van der Waals surface area (Å²) in [6.07, 6.45) is 0. The van der Waals surface area contributed by atoms with E-state index in [1.165, 1.54) is 72.3 Å². The number of benzene rings is 8. The van der Waals surface area contributed by atoms with Gasteiger partial charge in [0.1, 0.15) is 0 Å². The number of halogens is 1. The highest BCUT2D eigenvalue weighted by molar-refractivity contribution is 6.33. The van der Waals surface area contributed by atoms with Crippen LogP contribution in [0.25, 0.3) is 22.3 Å². The van der Waals surface area contributed by atoms with E-state index < -0.39 is 0 Å². The van der Waals surface area contributed by atoms with Crippen molar-refractivity contribution >= 4 is 11.6 Å². The Bertz CT molecular complexity index is 2420. The average molecular weight is 964 g/mol. The van der Waals surface area contributed by atoms with E-state index in [2.05, 4.69) is 281 Å². The first-order chi connectivity index (χ1) is 33.8. The lowest BCUT2D eigenvalue weighted by molar-refractivity contribution is 0.866. The van der Waals surface area contributed by atoms with Crippen molar-refractivity contribution in [3.05, 3.63) is 261 Å². The van der Waals surface area contributed by atoms with Gasteiger partial charge in [0.2, 0.25) is 0 Å². The van der Waals surface area contributed by atoms with Crippen LogP contribution in [0.5, 0.6) is 0 Å². The summed E-state index contributed by atoms with van der Waals surface area (Å²) in [4.78, 5) is 0. The molecule has 8 aromatic rings. The standard InChI is InChI=1S/C16H18.C15H15Cl.3C10H14.C9H12/c1-12(2)14-8-10-15(11-9-14)16-7-5-4-6-13(16)3;1-11(2)12-7-9-13(10-8-12)14-5-3-4-6-15(14)16;3*1-8(2)10-6-4-9(3)5-7-10;1-8(2)9-6-4-3-5-7-9/h4-12H,1-3H3;3-11H,1-2H3;3*4-8H,1-3H3;3-8H,1-2H3. The normalized spacial score (nSPS) is 10.5. The Morgan fingerprint density at radius 1 is 0.239 bits per heavy atom. The molecule has 0 spiro atoms. The van der Waals surface area contributed by atoms with Gasteiger partial charge in [-0.1, -0.05) is 305 Å². The lowest BCUT2D eigenvalue weighted by Gasteiger charge is -2.08. The van der Waals surface area contributed by atoms with Crippen LogP contribution < -0.4 is 0 Å². The molecule has 0 unspecified atom stereocenters. The van der Waals surface area contributed by atoms with Crippen molar-refractivity contribution in [3.8, 4) is 22.3 Å². The zero-order valence-electron chi connectivity index (χ0n) is 46.4. The predicted octanol–water partition coefficient (Wildman–Crippen LogP) is 22.1. The molecule has 0 bridgehead atoms. The zero-order chi connectivity index (χ0) is 52.5. The van der Waals surface area contributed by atoms with Crippen molar-refractivity contribution in [3.63, 3.8) is 0 Å². The van der Waals surface area contributed by atoms with Gasteiger partial charge in [-0.3, -0.25) is 0 Å². The molecule has 0 fully saturated rings. The number of aryl methyl sites for hydroxylation is 4. The summed E-state index contributed by atoms with van der Waals surface area (Å²) in [5.41, 5.74) is 18.7. The Hall–Kier alpha value is -5.95. The summed E-state index contributed by atoms with van der Waals surface area (Å²) in [5, 5.41) is 0.805. The molecule has 0 aliphatic carbocycles. The summed E-state index contributed by atoms with van der Waals surface area (Å²) < 4.78 is 0. The van der Waals surface area contributed by atoms with Gasteiger partial charge >= 0.3 is 0 Å². The maximum Gasteiger partial charge on any atom is 0.0484 e. The molecule has 1 heteroatoms. The Morgan fingerprint density at radius 3 is 0.761 bits per heavy atom. The summed E-state index contributed by atoms with van der Waals surface area (Å²) in [6, 6.07) is 70.6. The third kappa shape index (κ3) is 21.9. The molecule has 0 radical (unpaired) electrons. The number of hydrogen-bond acceptors (Lipinski definition) is 0. The maximum atomic E-state index is 6.16. The Morgan fingerprint density at radius 2 is 0.479 bits per heavy atom. The number of rotatable bonds is 8. The van der Waals surface area contributed by atoms with E-state index in [0.717, 1.165) is 10.6 Å². The topological polar surface area (TPSA) is 0 Å². The minimum atomic E-state index is 0.570. The predicted molar refractivity (Wildman–Crippen MR) is 318 cm³/mol. The quantitative estimate of drug-likeness (QED) is 0.142. The Labute approximate surface area is 438 Å². The Kier molecular flexibility index (Phi) is 26.3. The molecule has 8 aromatic carbocycles. The van der Waals surface area contributed by atoms with E-state index in [1.807, 2.05) is 30.3 Å². The van der Waals surface area contributed by atoms with Gasteiger partial charge in [0.05, 0.1) is 0 Å². The molecule has 0 atom stereocenters. The van der Waals surface area contributed by atoms with Crippen molar-refractivity contribution in [2.24, 2.45) is 0 Å². The first-order valence-electron chi connectivity index (χ1n) is 26.0. The first-order valence-corrected chi connectivity index (χ1v) is 26.4. The first kappa shape index (κ1) is 59.4. The summed E-state index contributed by atoms with van der Waals surface area (Å²) in [7, 11) is 0. The second kappa shape index (κ2) is 31.4. The molecule has 8 rings (SSSR count). The highest BCUT2D eigenvalue weighted by Gasteiger charge is 2.05. The maximum absolute atomic E-state index is 6.16. The summed E-state index contributed by atoms with van der Waals surface area (Å²) in [6.45, 7) is 35.0. The van der Waals surface area contributed by atoms with Crippen LogP contribution in [-0.2, 0) is 0 Å². The summed E-state index contributed by atoms with van der Waals surface area (Å²) in [5.74, 6) is 3.79. The van der Waals surface area contributed by atoms with Gasteiger partial charge < -0.3 is 0 Å². The molecular formula is C70H87Cl. The highest BCUT2D eigenvalue weighted by atomic mass is 35.5. The van der Waals surface area contributed by atoms with Gasteiger partial charge in [-0.2, -0.15) is 0 Å². The van der Waals surface area contributed by atoms with Crippen LogP contribution in [0.3, 0.4) is 0 Å². The lowest BCUT2D eigenvalue weighted by atomic mass is 9.97. The van der Waals surface area contributed by atoms with Gasteiger partial charge in [-0.25, -0.2) is 0 Å². The molecule has 71 heavy (non-hydrogen) atoms. The SMILES string of the molecule is CC(C)c1ccc(-c2ccccc2Cl)cc1.CC(C)c1ccccc1.Cc1ccc(C(C)C)cc1.Cc1ccc(C(C)C)cc1.Cc1ccc(C(C)C)cc1.Cc1ccccc1-c1ccc(C(C)C)cc1. The average Bonchev–Trinajstić information content (AvgIpc) is 3.36. The lowest BCUT2D eigenvalue weighted by Crippen LogP contribution is -1.87. The van der Waals surface area contributed by atoms with E-state index in [9.17, 15) is 0 Å². The van der Waals surface area contributed by atoms with Crippen LogP contribution in [0.15, 0.2) is 200 Å². The van der Waals surface area contributed by atoms with Crippen molar-refractivity contribution in [2.45, 2.75) is 146 Å². The molecule has 0 N–H and O–H groups in total. The number of hydrogen-bond donors (Lipinski definition) is 0. The molecule has 374 valence electrons. The van der Waals surface area contributed by atoms with Gasteiger partial charge in [-0.05, 0) is 125 Å². The zero-order valence-corrected chi connectivity index (χ0v) is 47.2.